The maximum absolute atomic E-state index is 16.7. The summed E-state index contributed by atoms with van der Waals surface area (Å²) in [5.41, 5.74) is 11.3. The van der Waals surface area contributed by atoms with Crippen molar-refractivity contribution in [3.63, 3.8) is 0 Å². The van der Waals surface area contributed by atoms with E-state index in [4.69, 9.17) is 67.8 Å². The van der Waals surface area contributed by atoms with Gasteiger partial charge in [0.1, 0.15) is 42.6 Å². The minimum absolute atomic E-state index is 0.0123. The van der Waals surface area contributed by atoms with Crippen molar-refractivity contribution in [3.05, 3.63) is 25.3 Å². The summed E-state index contributed by atoms with van der Waals surface area (Å²) in [5.74, 6) is -6.16. The molecule has 0 radical (unpaired) electrons. The summed E-state index contributed by atoms with van der Waals surface area (Å²) in [6, 6.07) is -1.79. The Morgan fingerprint density at radius 2 is 1.31 bits per heavy atom. The number of anilines is 2. The highest BCUT2D eigenvalue weighted by atomic mass is 32.5. The van der Waals surface area contributed by atoms with Crippen molar-refractivity contribution in [2.45, 2.75) is 121 Å². The number of nitrogens with one attached hydrogen (secondary N) is 5. The number of fused-ring (bicyclic) bond motifs is 4. The Kier molecular flexibility index (Phi) is 21.2. The van der Waals surface area contributed by atoms with Gasteiger partial charge in [0.2, 0.25) is 23.6 Å². The van der Waals surface area contributed by atoms with E-state index in [-0.39, 0.29) is 98.5 Å². The van der Waals surface area contributed by atoms with Crippen LogP contribution < -0.4 is 38.1 Å². The van der Waals surface area contributed by atoms with Crippen LogP contribution in [0.25, 0.3) is 22.3 Å². The Balaban J connectivity index is 0.936. The van der Waals surface area contributed by atoms with E-state index in [0.717, 1.165) is 23.5 Å². The van der Waals surface area contributed by atoms with Gasteiger partial charge in [-0.25, -0.2) is 43.5 Å². The van der Waals surface area contributed by atoms with Crippen LogP contribution in [-0.2, 0) is 79.9 Å². The first kappa shape index (κ1) is 62.6. The number of alkyl halides is 2. The summed E-state index contributed by atoms with van der Waals surface area (Å²) in [6.07, 6.45) is -9.62. The molecule has 0 aliphatic carbocycles. The zero-order valence-corrected chi connectivity index (χ0v) is 47.0. The lowest BCUT2D eigenvalue weighted by molar-refractivity contribution is -0.143. The molecule has 7 rings (SSSR count). The average molecular weight is 1220 g/mol. The number of imidazole rings is 2. The van der Waals surface area contributed by atoms with Gasteiger partial charge >= 0.3 is 25.4 Å². The number of primary amides is 1. The van der Waals surface area contributed by atoms with E-state index < -0.39 is 141 Å². The smallest absolute Gasteiger partial charge is 0.325 e. The van der Waals surface area contributed by atoms with E-state index in [0.29, 0.717) is 0 Å². The lowest BCUT2D eigenvalue weighted by Crippen LogP contribution is -2.46. The number of urea groups is 1. The van der Waals surface area contributed by atoms with Crippen LogP contribution >= 0.6 is 13.4 Å². The maximum atomic E-state index is 16.7. The molecule has 4 aromatic heterocycles. The number of hydrogen-bond acceptors (Lipinski definition) is 22. The Morgan fingerprint density at radius 1 is 0.741 bits per heavy atom. The fraction of sp³-hybridized carbons (Fsp3) is 0.614. The molecule has 7 heterocycles. The van der Waals surface area contributed by atoms with Crippen LogP contribution in [0.1, 0.15) is 78.2 Å². The van der Waals surface area contributed by atoms with Gasteiger partial charge in [0, 0.05) is 51.2 Å². The predicted octanol–water partition coefficient (Wildman–Crippen LogP) is 0.587. The van der Waals surface area contributed by atoms with Gasteiger partial charge in [-0.3, -0.25) is 46.9 Å². The van der Waals surface area contributed by atoms with Gasteiger partial charge in [0.25, 0.3) is 0 Å². The molecule has 3 aliphatic heterocycles. The quantitative estimate of drug-likeness (QED) is 0.0359. The second-order valence-electron chi connectivity index (χ2n) is 19.4. The molecule has 0 aromatic carbocycles. The third-order valence-electron chi connectivity index (χ3n) is 13.0. The average Bonchev–Trinajstić information content (AvgIpc) is 4.21. The number of carbonyl (C=O) groups excluding carboxylic acids is 6. The number of amides is 6. The fourth-order valence-corrected chi connectivity index (χ4v) is 11.8. The first-order chi connectivity index (χ1) is 38.3. The van der Waals surface area contributed by atoms with Crippen LogP contribution in [0.3, 0.4) is 0 Å². The van der Waals surface area contributed by atoms with Gasteiger partial charge in [-0.15, -0.1) is 0 Å². The number of ketones is 1. The van der Waals surface area contributed by atoms with Crippen molar-refractivity contribution in [2.75, 3.05) is 43.9 Å². The topological polar surface area (TPSA) is 435 Å². The molecule has 4 aromatic rings. The van der Waals surface area contributed by atoms with E-state index in [1.165, 1.54) is 17.8 Å². The Hall–Kier alpha value is -5.97. The van der Waals surface area contributed by atoms with Crippen molar-refractivity contribution in [2.24, 2.45) is 23.5 Å². The van der Waals surface area contributed by atoms with E-state index in [2.05, 4.69) is 56.5 Å². The number of aromatic nitrogens is 8. The highest BCUT2D eigenvalue weighted by molar-refractivity contribution is 8.07. The highest BCUT2D eigenvalue weighted by Crippen LogP contribution is 2.55. The van der Waals surface area contributed by atoms with Crippen molar-refractivity contribution in [3.8, 4) is 0 Å². The predicted molar refractivity (Wildman–Crippen MR) is 284 cm³/mol. The van der Waals surface area contributed by atoms with Crippen LogP contribution in [0.15, 0.2) is 25.3 Å². The number of aliphatic carboxylic acids is 1. The molecule has 3 unspecified atom stereocenters. The van der Waals surface area contributed by atoms with E-state index in [9.17, 15) is 43.3 Å². The van der Waals surface area contributed by atoms with Crippen molar-refractivity contribution in [1.82, 2.24) is 60.3 Å². The molecule has 31 nitrogen and oxygen atoms in total. The first-order valence-corrected chi connectivity index (χ1v) is 30.4. The van der Waals surface area contributed by atoms with Crippen molar-refractivity contribution < 1.29 is 84.8 Å². The largest absolute Gasteiger partial charge is 0.481 e. The number of ether oxygens (including phenoxy) is 2. The molecule has 3 saturated heterocycles. The van der Waals surface area contributed by atoms with Crippen molar-refractivity contribution >= 4 is 112 Å². The lowest BCUT2D eigenvalue weighted by Gasteiger charge is -2.29. The Bertz CT molecular complexity index is 3080. The van der Waals surface area contributed by atoms with Crippen LogP contribution in [0.4, 0.5) is 25.2 Å². The molecule has 81 heavy (non-hydrogen) atoms. The number of rotatable bonds is 23. The van der Waals surface area contributed by atoms with Gasteiger partial charge in [-0.05, 0) is 48.8 Å². The molecule has 3 aliphatic rings. The molecular weight excluding hydrogens is 1160 g/mol. The maximum Gasteiger partial charge on any atom is 0.325 e. The third kappa shape index (κ3) is 16.2. The SMILES string of the molecule is CC(CC(=O)NCCC(=O)N[C@H](C(=O)C[C@@H](CCCNC(N)=O)C(=O)NCCCC(=O)Nc1ncnc2c1ncn2[C@@H]1O[C@@H]2COP(O)(=S)O[C@H]3[C@@H](F)[C@H](n4cnc5c(N)ncnc54)O[C@@H]3COP(O)(=S)O[C@H]2[C@H]1F)C(C)C)C(=O)O. The summed E-state index contributed by atoms with van der Waals surface area (Å²) in [5, 5.41) is 21.9. The number of hydrogen-bond donors (Lipinski definition) is 10. The Labute approximate surface area is 469 Å². The number of nitrogens with zero attached hydrogens (tertiary/aromatic N) is 8. The van der Waals surface area contributed by atoms with Crippen LogP contribution in [-0.4, -0.2) is 171 Å². The van der Waals surface area contributed by atoms with Crippen LogP contribution in [0.5, 0.6) is 0 Å². The number of Topliss-reactive ketones (excluding diaryl/α,β-unsaturated/α-hetero) is 1. The van der Waals surface area contributed by atoms with E-state index in [1.807, 2.05) is 0 Å². The first-order valence-electron chi connectivity index (χ1n) is 25.3. The zero-order chi connectivity index (χ0) is 58.9. The standard InChI is InChI=1S/C44H61F2N15O16P2S2/c1-20(2)31(58-27(64)8-11-49-28(65)12-21(3)43(67)68)23(62)13-22(6-4-10-51-44(48)69)40(66)50-9-5-7-26(63)59-37-33-39(55-17-53-37)61(19-57-33)42-30(46)35-25(75-42)15-73-78(70,80)76-34-24(14-72-79(71,81)77-35)74-41(29(34)45)60-18-56-32-36(47)52-16-54-38(32)60/h16-22,24-25,29-31,34-35,41-42H,4-15H2,1-3H3,(H,49,65)(H,50,66)(H,58,64)(H,67,68)(H,70,80)(H,71,81)(H2,47,52,54)(H3,48,51,69)(H,53,55,59,63)/t21?,22-,24-,25-,29-,30-,31+,34-,35-,41-,42-,78?,79?/m1/s1. The van der Waals surface area contributed by atoms with Gasteiger partial charge < -0.3 is 71.5 Å². The zero-order valence-electron chi connectivity index (χ0n) is 43.6. The molecule has 0 spiro atoms. The molecule has 0 saturated carbocycles. The van der Waals surface area contributed by atoms with E-state index in [1.54, 1.807) is 13.8 Å². The number of carboxylic acid groups (broad SMARTS) is 1. The molecule has 12 N–H and O–H groups in total. The lowest BCUT2D eigenvalue weighted by atomic mass is 9.89. The third-order valence-corrected chi connectivity index (χ3v) is 16.2. The summed E-state index contributed by atoms with van der Waals surface area (Å²) < 4.78 is 69.7. The summed E-state index contributed by atoms with van der Waals surface area (Å²) in [7, 11) is 0. The van der Waals surface area contributed by atoms with Crippen LogP contribution in [0, 0.1) is 17.8 Å². The number of carbonyl (C=O) groups is 7. The van der Waals surface area contributed by atoms with Gasteiger partial charge in [0.05, 0.1) is 37.8 Å². The summed E-state index contributed by atoms with van der Waals surface area (Å²) >= 11 is 10.5. The highest BCUT2D eigenvalue weighted by Gasteiger charge is 2.54. The van der Waals surface area contributed by atoms with Gasteiger partial charge in [-0.2, -0.15) is 0 Å². The van der Waals surface area contributed by atoms with Crippen molar-refractivity contribution in [1.29, 1.82) is 0 Å². The van der Waals surface area contributed by atoms with E-state index >= 15 is 8.78 Å². The Morgan fingerprint density at radius 3 is 1.89 bits per heavy atom. The number of nitrogen functional groups attached to an aromatic ring is 1. The second-order valence-corrected chi connectivity index (χ2v) is 25.0. The summed E-state index contributed by atoms with van der Waals surface area (Å²) in [6.45, 7) is -5.52. The molecule has 6 amide bonds. The molecule has 13 atom stereocenters. The fourth-order valence-electron chi connectivity index (χ4n) is 8.92. The van der Waals surface area contributed by atoms with Crippen LogP contribution in [0.2, 0.25) is 0 Å². The minimum atomic E-state index is -4.43. The second kappa shape index (κ2) is 27.4. The molecular formula is C44H61F2N15O16P2S2. The molecule has 37 heteroatoms. The molecule has 3 fully saturated rings. The number of halogens is 2. The molecule has 444 valence electrons. The monoisotopic (exact) mass is 1220 g/mol. The normalized spacial score (nSPS) is 27.0. The van der Waals surface area contributed by atoms with Gasteiger partial charge in [0.15, 0.2) is 59.0 Å². The minimum Gasteiger partial charge on any atom is -0.481 e. The molecule has 0 bridgehead atoms. The number of carboxylic acids is 1. The summed E-state index contributed by atoms with van der Waals surface area (Å²) in [4.78, 5) is 135. The number of nitrogens with two attached hydrogens (primary N) is 2. The van der Waals surface area contributed by atoms with Gasteiger partial charge in [-0.1, -0.05) is 20.8 Å².